The highest BCUT2D eigenvalue weighted by Crippen LogP contribution is 2.21. The predicted molar refractivity (Wildman–Crippen MR) is 108 cm³/mol. The Hall–Kier alpha value is -2.24. The highest BCUT2D eigenvalue weighted by molar-refractivity contribution is 5.49. The summed E-state index contributed by atoms with van der Waals surface area (Å²) in [6.45, 7) is 9.22. The molecule has 1 saturated heterocycles. The zero-order valence-electron chi connectivity index (χ0n) is 16.6. The molecular formula is C22H31N2O3+. The van der Waals surface area contributed by atoms with Crippen molar-refractivity contribution in [3.8, 4) is 11.5 Å². The minimum atomic E-state index is -0.451. The van der Waals surface area contributed by atoms with Gasteiger partial charge in [0.05, 0.1) is 33.3 Å². The molecule has 0 aromatic heterocycles. The lowest BCUT2D eigenvalue weighted by Crippen LogP contribution is -3.16. The van der Waals surface area contributed by atoms with Crippen LogP contribution in [0.15, 0.2) is 42.5 Å². The van der Waals surface area contributed by atoms with Crippen molar-refractivity contribution < 1.29 is 19.5 Å². The molecule has 1 aliphatic heterocycles. The molecular weight excluding hydrogens is 340 g/mol. The van der Waals surface area contributed by atoms with Crippen LogP contribution < -0.4 is 19.3 Å². The van der Waals surface area contributed by atoms with E-state index in [2.05, 4.69) is 36.9 Å². The summed E-state index contributed by atoms with van der Waals surface area (Å²) in [5, 5.41) is 10.4. The summed E-state index contributed by atoms with van der Waals surface area (Å²) in [4.78, 5) is 3.82. The van der Waals surface area contributed by atoms with Crippen LogP contribution in [0.25, 0.3) is 0 Å². The van der Waals surface area contributed by atoms with E-state index in [0.717, 1.165) is 49.8 Å². The highest BCUT2D eigenvalue weighted by Gasteiger charge is 2.23. The van der Waals surface area contributed by atoms with Crippen LogP contribution in [0.5, 0.6) is 11.5 Å². The van der Waals surface area contributed by atoms with Gasteiger partial charge in [-0.05, 0) is 55.3 Å². The number of hydrogen-bond acceptors (Lipinski definition) is 4. The Morgan fingerprint density at radius 2 is 1.78 bits per heavy atom. The average molecular weight is 372 g/mol. The topological polar surface area (TPSA) is 46.4 Å². The Bertz CT molecular complexity index is 725. The van der Waals surface area contributed by atoms with Gasteiger partial charge >= 0.3 is 0 Å². The van der Waals surface area contributed by atoms with Crippen LogP contribution in [0.3, 0.4) is 0 Å². The molecule has 2 aromatic rings. The number of nitrogens with zero attached hydrogens (tertiary/aromatic N) is 1. The third kappa shape index (κ3) is 5.15. The fraction of sp³-hybridized carbons (Fsp3) is 0.455. The number of aryl methyl sites for hydroxylation is 1. The molecule has 0 radical (unpaired) electrons. The largest absolute Gasteiger partial charge is 0.497 e. The van der Waals surface area contributed by atoms with E-state index in [1.54, 1.807) is 7.11 Å². The van der Waals surface area contributed by atoms with Gasteiger partial charge < -0.3 is 24.4 Å². The van der Waals surface area contributed by atoms with Gasteiger partial charge in [-0.15, -0.1) is 0 Å². The van der Waals surface area contributed by atoms with Crippen molar-refractivity contribution in [2.75, 3.05) is 51.3 Å². The number of piperazine rings is 1. The molecule has 0 amide bonds. The Morgan fingerprint density at radius 3 is 2.44 bits per heavy atom. The molecule has 1 heterocycles. The maximum absolute atomic E-state index is 10.4. The first-order valence-electron chi connectivity index (χ1n) is 9.66. The van der Waals surface area contributed by atoms with Gasteiger partial charge in [-0.1, -0.05) is 12.1 Å². The zero-order chi connectivity index (χ0) is 19.2. The van der Waals surface area contributed by atoms with Crippen LogP contribution in [0, 0.1) is 13.8 Å². The molecule has 1 fully saturated rings. The Kier molecular flexibility index (Phi) is 6.58. The molecule has 146 valence electrons. The molecule has 5 heteroatoms. The van der Waals surface area contributed by atoms with Gasteiger partial charge in [-0.2, -0.15) is 0 Å². The molecule has 0 aliphatic carbocycles. The first-order valence-corrected chi connectivity index (χ1v) is 9.66. The smallest absolute Gasteiger partial charge is 0.137 e. The second-order valence-corrected chi connectivity index (χ2v) is 7.30. The lowest BCUT2D eigenvalue weighted by Gasteiger charge is -2.34. The summed E-state index contributed by atoms with van der Waals surface area (Å²) in [5.41, 5.74) is 3.58. The molecule has 0 saturated carbocycles. The number of anilines is 1. The summed E-state index contributed by atoms with van der Waals surface area (Å²) in [6.07, 6.45) is -0.451. The van der Waals surface area contributed by atoms with Gasteiger partial charge in [-0.25, -0.2) is 0 Å². The van der Waals surface area contributed by atoms with Crippen molar-refractivity contribution in [2.24, 2.45) is 0 Å². The lowest BCUT2D eigenvalue weighted by atomic mass is 10.1. The summed E-state index contributed by atoms with van der Waals surface area (Å²) >= 11 is 0. The van der Waals surface area contributed by atoms with Crippen molar-refractivity contribution in [1.82, 2.24) is 0 Å². The van der Waals surface area contributed by atoms with Gasteiger partial charge in [0.15, 0.2) is 0 Å². The van der Waals surface area contributed by atoms with Crippen LogP contribution in [-0.2, 0) is 0 Å². The first-order chi connectivity index (χ1) is 13.1. The summed E-state index contributed by atoms with van der Waals surface area (Å²) in [6, 6.07) is 14.3. The number of benzene rings is 2. The molecule has 3 rings (SSSR count). The second-order valence-electron chi connectivity index (χ2n) is 7.30. The molecule has 5 nitrogen and oxygen atoms in total. The SMILES string of the molecule is COc1ccc(N2CC[NH+](C[C@@H](O)COc3cccc(C)c3C)CC2)cc1. The highest BCUT2D eigenvalue weighted by atomic mass is 16.5. The second kappa shape index (κ2) is 9.11. The molecule has 0 unspecified atom stereocenters. The maximum atomic E-state index is 10.4. The predicted octanol–water partition coefficient (Wildman–Crippen LogP) is 1.46. The van der Waals surface area contributed by atoms with E-state index in [9.17, 15) is 5.11 Å². The van der Waals surface area contributed by atoms with E-state index < -0.39 is 6.10 Å². The number of quaternary nitrogens is 1. The van der Waals surface area contributed by atoms with Crippen molar-refractivity contribution in [3.63, 3.8) is 0 Å². The number of nitrogens with one attached hydrogen (secondary N) is 1. The van der Waals surface area contributed by atoms with E-state index in [1.165, 1.54) is 16.2 Å². The summed E-state index contributed by atoms with van der Waals surface area (Å²) < 4.78 is 11.1. The third-order valence-electron chi connectivity index (χ3n) is 5.42. The lowest BCUT2D eigenvalue weighted by molar-refractivity contribution is -0.903. The van der Waals surface area contributed by atoms with E-state index >= 15 is 0 Å². The normalized spacial score (nSPS) is 16.2. The van der Waals surface area contributed by atoms with Crippen molar-refractivity contribution in [3.05, 3.63) is 53.6 Å². The summed E-state index contributed by atoms with van der Waals surface area (Å²) in [7, 11) is 1.69. The van der Waals surface area contributed by atoms with E-state index in [0.29, 0.717) is 6.61 Å². The molecule has 1 aliphatic rings. The van der Waals surface area contributed by atoms with E-state index in [-0.39, 0.29) is 0 Å². The first kappa shape index (κ1) is 19.5. The Balaban J connectivity index is 1.43. The number of rotatable bonds is 7. The molecule has 0 bridgehead atoms. The number of methoxy groups -OCH3 is 1. The van der Waals surface area contributed by atoms with Crippen LogP contribution >= 0.6 is 0 Å². The van der Waals surface area contributed by atoms with Crippen LogP contribution in [0.1, 0.15) is 11.1 Å². The summed E-state index contributed by atoms with van der Waals surface area (Å²) in [5.74, 6) is 1.75. The van der Waals surface area contributed by atoms with Gasteiger partial charge in [-0.3, -0.25) is 0 Å². The Labute approximate surface area is 162 Å². The van der Waals surface area contributed by atoms with Gasteiger partial charge in [0.25, 0.3) is 0 Å². The van der Waals surface area contributed by atoms with Crippen molar-refractivity contribution in [1.29, 1.82) is 0 Å². The Morgan fingerprint density at radius 1 is 1.07 bits per heavy atom. The molecule has 1 atom stereocenters. The number of hydrogen-bond donors (Lipinski definition) is 2. The van der Waals surface area contributed by atoms with Crippen molar-refractivity contribution in [2.45, 2.75) is 20.0 Å². The van der Waals surface area contributed by atoms with Crippen molar-refractivity contribution >= 4 is 5.69 Å². The quantitative estimate of drug-likeness (QED) is 0.774. The number of aliphatic hydroxyl groups is 1. The minimum absolute atomic E-state index is 0.343. The maximum Gasteiger partial charge on any atom is 0.137 e. The molecule has 27 heavy (non-hydrogen) atoms. The fourth-order valence-electron chi connectivity index (χ4n) is 3.54. The monoisotopic (exact) mass is 371 g/mol. The third-order valence-corrected chi connectivity index (χ3v) is 5.42. The molecule has 0 spiro atoms. The van der Waals surface area contributed by atoms with Crippen LogP contribution in [0.4, 0.5) is 5.69 Å². The fourth-order valence-corrected chi connectivity index (χ4v) is 3.54. The number of aliphatic hydroxyl groups excluding tert-OH is 1. The van der Waals surface area contributed by atoms with Gasteiger partial charge in [0, 0.05) is 5.69 Å². The van der Waals surface area contributed by atoms with Crippen LogP contribution in [0.2, 0.25) is 0 Å². The average Bonchev–Trinajstić information content (AvgIpc) is 2.70. The minimum Gasteiger partial charge on any atom is -0.497 e. The standard InChI is InChI=1S/C22H30N2O3/c1-17-5-4-6-22(18(17)2)27-16-20(25)15-23-11-13-24(14-12-23)19-7-9-21(26-3)10-8-19/h4-10,20,25H,11-16H2,1-3H3/p+1/t20-/m1/s1. The molecule has 2 aromatic carbocycles. The van der Waals surface area contributed by atoms with Gasteiger partial charge in [0.1, 0.15) is 30.8 Å². The van der Waals surface area contributed by atoms with E-state index in [1.807, 2.05) is 24.3 Å². The molecule has 2 N–H and O–H groups in total. The van der Waals surface area contributed by atoms with E-state index in [4.69, 9.17) is 9.47 Å². The van der Waals surface area contributed by atoms with Gasteiger partial charge in [0.2, 0.25) is 0 Å². The van der Waals surface area contributed by atoms with Crippen LogP contribution in [-0.4, -0.2) is 57.7 Å². The zero-order valence-corrected chi connectivity index (χ0v) is 16.6. The number of ether oxygens (including phenoxy) is 2.